The number of aromatic amines is 1. The molecule has 4 aromatic heterocycles. The average Bonchev–Trinajstić information content (AvgIpc) is 3.41. The van der Waals surface area contributed by atoms with Crippen LogP contribution in [0.15, 0.2) is 46.2 Å². The molecule has 34 heavy (non-hydrogen) atoms. The number of hydrogen-bond donors (Lipinski definition) is 1. The van der Waals surface area contributed by atoms with Crippen molar-refractivity contribution in [2.45, 2.75) is 39.8 Å². The van der Waals surface area contributed by atoms with Crippen molar-refractivity contribution in [3.8, 4) is 0 Å². The number of carbonyl (C=O) groups is 1. The Morgan fingerprint density at radius 1 is 1.09 bits per heavy atom. The Labute approximate surface area is 202 Å². The Kier molecular flexibility index (Phi) is 5.70. The van der Waals surface area contributed by atoms with Gasteiger partial charge in [0.1, 0.15) is 15.9 Å². The number of thiazole rings is 1. The molecule has 0 spiro atoms. The van der Waals surface area contributed by atoms with Gasteiger partial charge in [-0.05, 0) is 25.0 Å². The largest absolute Gasteiger partial charge is 0.330 e. The van der Waals surface area contributed by atoms with Crippen LogP contribution in [0.5, 0.6) is 0 Å². The topological polar surface area (TPSA) is 107 Å². The number of nitrogens with zero attached hydrogens (tertiary/aromatic N) is 5. The summed E-state index contributed by atoms with van der Waals surface area (Å²) in [6.07, 6.45) is 4.43. The molecule has 4 heterocycles. The fraction of sp³-hybridized carbons (Fsp3) is 0.261. The van der Waals surface area contributed by atoms with Crippen LogP contribution in [0.1, 0.15) is 36.5 Å². The molecule has 11 heteroatoms. The van der Waals surface area contributed by atoms with E-state index in [4.69, 9.17) is 16.6 Å². The molecule has 0 aliphatic carbocycles. The van der Waals surface area contributed by atoms with Crippen molar-refractivity contribution in [2.24, 2.45) is 0 Å². The summed E-state index contributed by atoms with van der Waals surface area (Å²) in [6, 6.07) is 7.70. The maximum Gasteiger partial charge on any atom is 0.330 e. The number of carbonyl (C=O) groups excluding carboxylic acids is 1. The molecule has 9 nitrogen and oxygen atoms in total. The van der Waals surface area contributed by atoms with Crippen molar-refractivity contribution in [3.05, 3.63) is 84.5 Å². The molecule has 0 atom stereocenters. The number of rotatable bonds is 7. The number of aryl methyl sites for hydroxylation is 1. The highest BCUT2D eigenvalue weighted by molar-refractivity contribution is 7.20. The monoisotopic (exact) mass is 496 g/mol. The van der Waals surface area contributed by atoms with Crippen LogP contribution in [0, 0.1) is 0 Å². The number of hydrogen-bond acceptors (Lipinski definition) is 6. The minimum absolute atomic E-state index is 0.0981. The number of halogens is 1. The smallest absolute Gasteiger partial charge is 0.317 e. The van der Waals surface area contributed by atoms with Gasteiger partial charge in [0.25, 0.3) is 5.56 Å². The Morgan fingerprint density at radius 2 is 1.82 bits per heavy atom. The second-order valence-corrected chi connectivity index (χ2v) is 9.76. The summed E-state index contributed by atoms with van der Waals surface area (Å²) in [7, 11) is 0. The van der Waals surface area contributed by atoms with E-state index in [0.717, 1.165) is 21.8 Å². The van der Waals surface area contributed by atoms with Crippen LogP contribution < -0.4 is 11.2 Å². The third-order valence-electron chi connectivity index (χ3n) is 5.61. The summed E-state index contributed by atoms with van der Waals surface area (Å²) >= 11 is 7.44. The molecule has 0 saturated carbocycles. The van der Waals surface area contributed by atoms with Gasteiger partial charge in [0.2, 0.25) is 0 Å². The highest BCUT2D eigenvalue weighted by Gasteiger charge is 2.20. The van der Waals surface area contributed by atoms with Gasteiger partial charge in [0.15, 0.2) is 16.1 Å². The van der Waals surface area contributed by atoms with Gasteiger partial charge in [-0.3, -0.25) is 23.5 Å². The highest BCUT2D eigenvalue weighted by atomic mass is 35.5. The minimum atomic E-state index is -0.484. The summed E-state index contributed by atoms with van der Waals surface area (Å²) in [5.74, 6) is 0.721. The third-order valence-corrected chi connectivity index (χ3v) is 6.73. The first-order valence-electron chi connectivity index (χ1n) is 10.7. The molecule has 174 valence electrons. The molecule has 1 N–H and O–H groups in total. The second-order valence-electron chi connectivity index (χ2n) is 8.12. The molecule has 0 aliphatic heterocycles. The van der Waals surface area contributed by atoms with Gasteiger partial charge in [0.05, 0.1) is 5.69 Å². The Bertz CT molecular complexity index is 1620. The number of H-pyrrole nitrogens is 1. The molecule has 0 radical (unpaired) electrons. The van der Waals surface area contributed by atoms with Crippen molar-refractivity contribution >= 4 is 44.8 Å². The molecular weight excluding hydrogens is 476 g/mol. The second kappa shape index (κ2) is 8.69. The quantitative estimate of drug-likeness (QED) is 0.372. The van der Waals surface area contributed by atoms with E-state index in [2.05, 4.69) is 9.97 Å². The number of aromatic nitrogens is 6. The van der Waals surface area contributed by atoms with Gasteiger partial charge in [-0.2, -0.15) is 0 Å². The standard InChI is InChI=1S/C23H21ClN6O3S/c1-3-29-20-19(21(32)27-22(29)33)30(10-15-6-4-14(5-7-15)8-13(2)31)18(26-20)9-16-11-28-12-17(24)34-23(28)25-16/h4-7,11-12H,3,8-10H2,1-2H3,(H,27,32,33). The number of fused-ring (bicyclic) bond motifs is 2. The molecule has 0 amide bonds. The zero-order valence-electron chi connectivity index (χ0n) is 18.5. The number of nitrogens with one attached hydrogen (secondary N) is 1. The molecule has 5 aromatic rings. The van der Waals surface area contributed by atoms with Gasteiger partial charge in [-0.15, -0.1) is 0 Å². The molecule has 0 bridgehead atoms. The SMILES string of the molecule is CCn1c(=O)[nH]c(=O)c2c1nc(Cc1cn3cc(Cl)sc3n1)n2Cc1ccc(CC(C)=O)cc1. The van der Waals surface area contributed by atoms with Gasteiger partial charge >= 0.3 is 5.69 Å². The highest BCUT2D eigenvalue weighted by Crippen LogP contribution is 2.24. The van der Waals surface area contributed by atoms with Crippen molar-refractivity contribution in [1.29, 1.82) is 0 Å². The Morgan fingerprint density at radius 3 is 2.50 bits per heavy atom. The summed E-state index contributed by atoms with van der Waals surface area (Å²) in [6.45, 7) is 4.15. The van der Waals surface area contributed by atoms with E-state index in [9.17, 15) is 14.4 Å². The predicted molar refractivity (Wildman–Crippen MR) is 131 cm³/mol. The molecule has 0 unspecified atom stereocenters. The minimum Gasteiger partial charge on any atom is -0.317 e. The number of imidazole rings is 2. The van der Waals surface area contributed by atoms with Gasteiger partial charge in [-0.1, -0.05) is 47.2 Å². The molecule has 5 rings (SSSR count). The molecule has 0 aliphatic rings. The number of ketones is 1. The zero-order valence-corrected chi connectivity index (χ0v) is 20.1. The lowest BCUT2D eigenvalue weighted by atomic mass is 10.1. The van der Waals surface area contributed by atoms with Crippen LogP contribution in [0.4, 0.5) is 0 Å². The summed E-state index contributed by atoms with van der Waals surface area (Å²) in [5.41, 5.74) is 2.38. The van der Waals surface area contributed by atoms with Crippen LogP contribution in [0.25, 0.3) is 16.1 Å². The van der Waals surface area contributed by atoms with Crippen molar-refractivity contribution in [3.63, 3.8) is 0 Å². The van der Waals surface area contributed by atoms with E-state index in [1.807, 2.05) is 46.4 Å². The van der Waals surface area contributed by atoms with Crippen LogP contribution in [-0.4, -0.2) is 34.3 Å². The van der Waals surface area contributed by atoms with E-state index < -0.39 is 11.2 Å². The fourth-order valence-corrected chi connectivity index (χ4v) is 5.14. The first-order valence-corrected chi connectivity index (χ1v) is 11.9. The van der Waals surface area contributed by atoms with Gasteiger partial charge in [-0.25, -0.2) is 14.8 Å². The van der Waals surface area contributed by atoms with E-state index in [1.54, 1.807) is 13.1 Å². The van der Waals surface area contributed by atoms with Crippen molar-refractivity contribution in [2.75, 3.05) is 0 Å². The lowest BCUT2D eigenvalue weighted by Crippen LogP contribution is -2.30. The zero-order chi connectivity index (χ0) is 24.0. The average molecular weight is 497 g/mol. The predicted octanol–water partition coefficient (Wildman–Crippen LogP) is 3.04. The summed E-state index contributed by atoms with van der Waals surface area (Å²) in [4.78, 5) is 49.2. The lowest BCUT2D eigenvalue weighted by molar-refractivity contribution is -0.116. The maximum absolute atomic E-state index is 12.9. The van der Waals surface area contributed by atoms with Crippen LogP contribution in [0.3, 0.4) is 0 Å². The molecule has 0 saturated heterocycles. The number of Topliss-reactive ketones (excluding diaryl/α,β-unsaturated/α-hetero) is 1. The van der Waals surface area contributed by atoms with E-state index in [0.29, 0.717) is 47.3 Å². The van der Waals surface area contributed by atoms with E-state index in [-0.39, 0.29) is 5.78 Å². The molecular formula is C23H21ClN6O3S. The van der Waals surface area contributed by atoms with Crippen LogP contribution in [0.2, 0.25) is 4.34 Å². The maximum atomic E-state index is 12.9. The van der Waals surface area contributed by atoms with Gasteiger partial charge in [0, 0.05) is 38.3 Å². The van der Waals surface area contributed by atoms with Gasteiger partial charge < -0.3 is 4.57 Å². The van der Waals surface area contributed by atoms with E-state index >= 15 is 0 Å². The molecule has 1 aromatic carbocycles. The third kappa shape index (κ3) is 4.10. The van der Waals surface area contributed by atoms with Crippen molar-refractivity contribution in [1.82, 2.24) is 28.5 Å². The summed E-state index contributed by atoms with van der Waals surface area (Å²) < 4.78 is 5.80. The van der Waals surface area contributed by atoms with E-state index in [1.165, 1.54) is 15.9 Å². The normalized spacial score (nSPS) is 11.6. The van der Waals surface area contributed by atoms with Crippen LogP contribution >= 0.6 is 22.9 Å². The number of benzene rings is 1. The Balaban J connectivity index is 1.61. The fourth-order valence-electron chi connectivity index (χ4n) is 4.11. The lowest BCUT2D eigenvalue weighted by Gasteiger charge is -2.09. The van der Waals surface area contributed by atoms with Crippen molar-refractivity contribution < 1.29 is 4.79 Å². The van der Waals surface area contributed by atoms with Crippen LogP contribution in [-0.2, 0) is 30.7 Å². The first kappa shape index (κ1) is 22.3. The Hall–Kier alpha value is -3.50. The first-order chi connectivity index (χ1) is 16.3. The summed E-state index contributed by atoms with van der Waals surface area (Å²) in [5, 5.41) is 0. The molecule has 0 fully saturated rings.